The maximum Gasteiger partial charge on any atom is 1.00 e. The van der Waals surface area contributed by atoms with Gasteiger partial charge in [0.2, 0.25) is 0 Å². The first-order valence-corrected chi connectivity index (χ1v) is 2.58. The van der Waals surface area contributed by atoms with Crippen molar-refractivity contribution in [2.24, 2.45) is 5.73 Å². The van der Waals surface area contributed by atoms with Crippen molar-refractivity contribution in [2.75, 3.05) is 0 Å². The summed E-state index contributed by atoms with van der Waals surface area (Å²) in [6, 6.07) is -0.0344. The van der Waals surface area contributed by atoms with Crippen LogP contribution in [0, 0.1) is 0 Å². The van der Waals surface area contributed by atoms with E-state index in [9.17, 15) is 9.90 Å². The van der Waals surface area contributed by atoms with Gasteiger partial charge >= 0.3 is 29.6 Å². The van der Waals surface area contributed by atoms with Crippen LogP contribution in [0.4, 0.5) is 0 Å². The van der Waals surface area contributed by atoms with Crippen molar-refractivity contribution in [3.63, 3.8) is 0 Å². The van der Waals surface area contributed by atoms with E-state index in [0.717, 1.165) is 0 Å². The van der Waals surface area contributed by atoms with E-state index in [4.69, 9.17) is 5.73 Å². The molecule has 1 atom stereocenters. The van der Waals surface area contributed by atoms with Crippen LogP contribution in [0.25, 0.3) is 0 Å². The molecule has 4 heteroatoms. The molecule has 0 aliphatic heterocycles. The Morgan fingerprint density at radius 3 is 2.33 bits per heavy atom. The van der Waals surface area contributed by atoms with Gasteiger partial charge in [-0.2, -0.15) is 0 Å². The molecule has 0 heterocycles. The number of carboxylic acid groups (broad SMARTS) is 1. The second kappa shape index (κ2) is 6.55. The average molecular weight is 139 g/mol. The molecule has 0 bridgehead atoms. The van der Waals surface area contributed by atoms with E-state index in [1.807, 2.05) is 0 Å². The molecular formula is C5H10NNaO2. The van der Waals surface area contributed by atoms with Crippen molar-refractivity contribution in [1.29, 1.82) is 0 Å². The van der Waals surface area contributed by atoms with Crippen LogP contribution in [0.15, 0.2) is 0 Å². The molecule has 0 fully saturated rings. The summed E-state index contributed by atoms with van der Waals surface area (Å²) in [5, 5.41) is 9.74. The van der Waals surface area contributed by atoms with Crippen molar-refractivity contribution in [3.8, 4) is 0 Å². The molecule has 0 amide bonds. The summed E-state index contributed by atoms with van der Waals surface area (Å²) in [6.07, 6.45) is 0.569. The molecule has 0 aliphatic rings. The standard InChI is InChI=1S/C5H11NO2.Na/c1-4(6)2-3-5(7)8;/h4H,2-3,6H2,1H3,(H,7,8);/q;+1/p-1. The third-order valence-corrected chi connectivity index (χ3v) is 0.804. The Labute approximate surface area is 76.9 Å². The van der Waals surface area contributed by atoms with Crippen LogP contribution in [0.2, 0.25) is 0 Å². The molecule has 0 aliphatic carbocycles. The number of carboxylic acids is 1. The molecule has 1 unspecified atom stereocenters. The van der Waals surface area contributed by atoms with Crippen molar-refractivity contribution in [3.05, 3.63) is 0 Å². The van der Waals surface area contributed by atoms with Gasteiger partial charge in [0, 0.05) is 12.0 Å². The fourth-order valence-corrected chi connectivity index (χ4v) is 0.346. The third kappa shape index (κ3) is 11.8. The second-order valence-corrected chi connectivity index (χ2v) is 1.89. The Bertz CT molecular complexity index is 85.0. The summed E-state index contributed by atoms with van der Waals surface area (Å²) >= 11 is 0. The van der Waals surface area contributed by atoms with Crippen molar-refractivity contribution < 1.29 is 39.5 Å². The summed E-state index contributed by atoms with van der Waals surface area (Å²) in [7, 11) is 0. The minimum atomic E-state index is -1.03. The number of hydrogen-bond donors (Lipinski definition) is 1. The molecule has 0 spiro atoms. The number of aliphatic carboxylic acids is 1. The summed E-state index contributed by atoms with van der Waals surface area (Å²) < 4.78 is 0. The van der Waals surface area contributed by atoms with Crippen LogP contribution < -0.4 is 40.4 Å². The molecule has 9 heavy (non-hydrogen) atoms. The molecule has 0 saturated carbocycles. The van der Waals surface area contributed by atoms with Gasteiger partial charge in [0.1, 0.15) is 0 Å². The van der Waals surface area contributed by atoms with Gasteiger partial charge in [-0.15, -0.1) is 0 Å². The van der Waals surface area contributed by atoms with E-state index in [-0.39, 0.29) is 42.0 Å². The minimum Gasteiger partial charge on any atom is -0.550 e. The van der Waals surface area contributed by atoms with E-state index in [1.54, 1.807) is 6.92 Å². The van der Waals surface area contributed by atoms with E-state index in [1.165, 1.54) is 0 Å². The monoisotopic (exact) mass is 139 g/mol. The van der Waals surface area contributed by atoms with Crippen LogP contribution in [-0.2, 0) is 4.79 Å². The first kappa shape index (κ1) is 12.1. The maximum atomic E-state index is 9.74. The molecule has 2 N–H and O–H groups in total. The zero-order chi connectivity index (χ0) is 6.57. The SMILES string of the molecule is CC(N)CCC(=O)[O-].[Na+]. The van der Waals surface area contributed by atoms with Gasteiger partial charge in [0.25, 0.3) is 0 Å². The Morgan fingerprint density at radius 1 is 1.78 bits per heavy atom. The average Bonchev–Trinajstić information content (AvgIpc) is 1.61. The van der Waals surface area contributed by atoms with Crippen LogP contribution in [0.5, 0.6) is 0 Å². The fourth-order valence-electron chi connectivity index (χ4n) is 0.346. The van der Waals surface area contributed by atoms with Gasteiger partial charge in [-0.05, 0) is 19.8 Å². The first-order valence-electron chi connectivity index (χ1n) is 2.58. The van der Waals surface area contributed by atoms with E-state index in [2.05, 4.69) is 0 Å². The van der Waals surface area contributed by atoms with Gasteiger partial charge in [-0.1, -0.05) is 0 Å². The zero-order valence-corrected chi connectivity index (χ0v) is 7.89. The van der Waals surface area contributed by atoms with Crippen LogP contribution in [-0.4, -0.2) is 12.0 Å². The van der Waals surface area contributed by atoms with E-state index >= 15 is 0 Å². The van der Waals surface area contributed by atoms with Gasteiger partial charge in [0.05, 0.1) is 0 Å². The third-order valence-electron chi connectivity index (χ3n) is 0.804. The fraction of sp³-hybridized carbons (Fsp3) is 0.800. The number of rotatable bonds is 3. The molecule has 0 aromatic carbocycles. The van der Waals surface area contributed by atoms with Gasteiger partial charge in [-0.3, -0.25) is 0 Å². The van der Waals surface area contributed by atoms with Gasteiger partial charge in [0.15, 0.2) is 0 Å². The smallest absolute Gasteiger partial charge is 0.550 e. The molecule has 0 radical (unpaired) electrons. The van der Waals surface area contributed by atoms with Crippen LogP contribution >= 0.6 is 0 Å². The number of nitrogens with two attached hydrogens (primary N) is 1. The normalized spacial score (nSPS) is 11.8. The molecule has 48 valence electrons. The predicted molar refractivity (Wildman–Crippen MR) is 27.9 cm³/mol. The Hall–Kier alpha value is 0.430. The first-order chi connectivity index (χ1) is 3.63. The summed E-state index contributed by atoms with van der Waals surface area (Å²) in [6.45, 7) is 1.77. The van der Waals surface area contributed by atoms with Crippen molar-refractivity contribution >= 4 is 5.97 Å². The van der Waals surface area contributed by atoms with Crippen LogP contribution in [0.1, 0.15) is 19.8 Å². The molecular weight excluding hydrogens is 129 g/mol. The molecule has 3 nitrogen and oxygen atoms in total. The van der Waals surface area contributed by atoms with E-state index in [0.29, 0.717) is 6.42 Å². The molecule has 0 aromatic heterocycles. The summed E-state index contributed by atoms with van der Waals surface area (Å²) in [5.41, 5.74) is 5.25. The van der Waals surface area contributed by atoms with Crippen molar-refractivity contribution in [1.82, 2.24) is 0 Å². The van der Waals surface area contributed by atoms with E-state index < -0.39 is 5.97 Å². The zero-order valence-electron chi connectivity index (χ0n) is 5.89. The Balaban J connectivity index is 0. The van der Waals surface area contributed by atoms with Gasteiger partial charge < -0.3 is 15.6 Å². The number of carbonyl (C=O) groups excluding carboxylic acids is 1. The number of carbonyl (C=O) groups is 1. The van der Waals surface area contributed by atoms with Gasteiger partial charge in [-0.25, -0.2) is 0 Å². The largest absolute Gasteiger partial charge is 1.00 e. The van der Waals surface area contributed by atoms with Crippen molar-refractivity contribution in [2.45, 2.75) is 25.8 Å². The second-order valence-electron chi connectivity index (χ2n) is 1.89. The Morgan fingerprint density at radius 2 is 2.22 bits per heavy atom. The quantitative estimate of drug-likeness (QED) is 0.404. The maximum absolute atomic E-state index is 9.74. The predicted octanol–water partition coefficient (Wildman–Crippen LogP) is -4.13. The molecule has 0 aromatic rings. The summed E-state index contributed by atoms with van der Waals surface area (Å²) in [5.74, 6) is -1.03. The Kier molecular flexibility index (Phi) is 8.83. The molecule has 0 rings (SSSR count). The molecule has 0 saturated heterocycles. The number of hydrogen-bond acceptors (Lipinski definition) is 3. The summed E-state index contributed by atoms with van der Waals surface area (Å²) in [4.78, 5) is 9.74. The minimum absolute atomic E-state index is 0. The topological polar surface area (TPSA) is 66.2 Å². The van der Waals surface area contributed by atoms with Crippen LogP contribution in [0.3, 0.4) is 0 Å².